The number of rotatable bonds is 4. The number of aromatic nitrogens is 4. The van der Waals surface area contributed by atoms with Crippen LogP contribution >= 0.6 is 15.9 Å². The van der Waals surface area contributed by atoms with E-state index in [4.69, 9.17) is 0 Å². The molecule has 0 spiro atoms. The number of carbonyl (C=O) groups is 1. The second-order valence-electron chi connectivity index (χ2n) is 5.36. The molecule has 0 aliphatic carbocycles. The second kappa shape index (κ2) is 6.38. The van der Waals surface area contributed by atoms with Gasteiger partial charge in [-0.2, -0.15) is 10.2 Å². The minimum Gasteiger partial charge on any atom is -0.321 e. The molecule has 23 heavy (non-hydrogen) atoms. The van der Waals surface area contributed by atoms with E-state index < -0.39 is 12.5 Å². The number of nitrogens with zero attached hydrogens (tertiary/aromatic N) is 4. The van der Waals surface area contributed by atoms with Crippen LogP contribution in [0.4, 0.5) is 14.5 Å². The predicted octanol–water partition coefficient (Wildman–Crippen LogP) is 3.44. The summed E-state index contributed by atoms with van der Waals surface area (Å²) in [4.78, 5) is 12.5. The van der Waals surface area contributed by atoms with E-state index in [1.165, 1.54) is 4.68 Å². The number of hydrogen-bond donors (Lipinski definition) is 1. The molecule has 0 unspecified atom stereocenters. The van der Waals surface area contributed by atoms with E-state index >= 15 is 0 Å². The molecule has 6 nitrogen and oxygen atoms in total. The van der Waals surface area contributed by atoms with Crippen LogP contribution in [0.1, 0.15) is 42.2 Å². The third kappa shape index (κ3) is 3.15. The molecule has 1 amide bonds. The van der Waals surface area contributed by atoms with Crippen LogP contribution in [-0.2, 0) is 11.8 Å². The smallest absolute Gasteiger partial charge is 0.283 e. The number of halogens is 3. The maximum Gasteiger partial charge on any atom is 0.283 e. The fourth-order valence-electron chi connectivity index (χ4n) is 2.33. The zero-order valence-electron chi connectivity index (χ0n) is 13.5. The summed E-state index contributed by atoms with van der Waals surface area (Å²) < 4.78 is 29.0. The molecule has 0 fully saturated rings. The van der Waals surface area contributed by atoms with Gasteiger partial charge >= 0.3 is 0 Å². The van der Waals surface area contributed by atoms with Gasteiger partial charge in [-0.25, -0.2) is 8.78 Å². The van der Waals surface area contributed by atoms with Crippen molar-refractivity contribution in [1.29, 1.82) is 0 Å². The summed E-state index contributed by atoms with van der Waals surface area (Å²) in [6.45, 7) is 6.87. The fraction of sp³-hybridized carbons (Fsp3) is 0.500. The van der Waals surface area contributed by atoms with E-state index in [1.54, 1.807) is 32.5 Å². The molecule has 0 aliphatic rings. The van der Waals surface area contributed by atoms with Gasteiger partial charge in [-0.05, 0) is 43.6 Å². The first kappa shape index (κ1) is 17.6. The van der Waals surface area contributed by atoms with Crippen molar-refractivity contribution >= 4 is 27.5 Å². The summed E-state index contributed by atoms with van der Waals surface area (Å²) in [5.41, 5.74) is 2.24. The zero-order valence-corrected chi connectivity index (χ0v) is 15.1. The van der Waals surface area contributed by atoms with Gasteiger partial charge in [-0.1, -0.05) is 0 Å². The van der Waals surface area contributed by atoms with Crippen LogP contribution < -0.4 is 5.32 Å². The lowest BCUT2D eigenvalue weighted by atomic mass is 10.2. The van der Waals surface area contributed by atoms with Crippen LogP contribution in [0, 0.1) is 20.8 Å². The summed E-state index contributed by atoms with van der Waals surface area (Å²) >= 11 is 3.10. The average Bonchev–Trinajstić information content (AvgIpc) is 2.90. The van der Waals surface area contributed by atoms with Crippen molar-refractivity contribution in [1.82, 2.24) is 19.6 Å². The highest BCUT2D eigenvalue weighted by molar-refractivity contribution is 9.10. The Morgan fingerprint density at radius 2 is 1.83 bits per heavy atom. The van der Waals surface area contributed by atoms with Gasteiger partial charge in [0.2, 0.25) is 5.91 Å². The quantitative estimate of drug-likeness (QED) is 0.870. The Labute approximate surface area is 141 Å². The van der Waals surface area contributed by atoms with Crippen LogP contribution in [0.3, 0.4) is 0 Å². The molecular formula is C14H18BrF2N5O. The van der Waals surface area contributed by atoms with Gasteiger partial charge in [0.05, 0.1) is 27.2 Å². The second-order valence-corrected chi connectivity index (χ2v) is 6.16. The van der Waals surface area contributed by atoms with Gasteiger partial charge in [-0.3, -0.25) is 14.2 Å². The molecular weight excluding hydrogens is 372 g/mol. The minimum absolute atomic E-state index is 0.223. The van der Waals surface area contributed by atoms with Gasteiger partial charge in [0.1, 0.15) is 11.7 Å². The van der Waals surface area contributed by atoms with E-state index in [-0.39, 0.29) is 16.1 Å². The Kier molecular flexibility index (Phi) is 4.88. The third-order valence-electron chi connectivity index (χ3n) is 3.81. The first-order valence-corrected chi connectivity index (χ1v) is 7.78. The third-order valence-corrected chi connectivity index (χ3v) is 4.79. The fourth-order valence-corrected chi connectivity index (χ4v) is 2.76. The van der Waals surface area contributed by atoms with Crippen LogP contribution in [0.25, 0.3) is 0 Å². The van der Waals surface area contributed by atoms with E-state index in [0.717, 1.165) is 5.69 Å². The Morgan fingerprint density at radius 1 is 1.22 bits per heavy atom. The average molecular weight is 390 g/mol. The molecule has 0 aromatic carbocycles. The molecule has 0 saturated carbocycles. The number of hydrogen-bond acceptors (Lipinski definition) is 3. The number of nitrogens with one attached hydrogen (secondary N) is 1. The van der Waals surface area contributed by atoms with Crippen molar-refractivity contribution in [2.24, 2.45) is 7.05 Å². The number of carbonyl (C=O) groups excluding carboxylic acids is 1. The van der Waals surface area contributed by atoms with Gasteiger partial charge in [0, 0.05) is 7.05 Å². The van der Waals surface area contributed by atoms with Gasteiger partial charge < -0.3 is 5.32 Å². The maximum absolute atomic E-state index is 12.9. The molecule has 1 N–H and O–H groups in total. The van der Waals surface area contributed by atoms with Gasteiger partial charge in [0.25, 0.3) is 6.43 Å². The normalized spacial score (nSPS) is 12.7. The van der Waals surface area contributed by atoms with Crippen molar-refractivity contribution in [2.75, 3.05) is 5.32 Å². The molecule has 2 heterocycles. The van der Waals surface area contributed by atoms with Crippen molar-refractivity contribution in [3.8, 4) is 0 Å². The van der Waals surface area contributed by atoms with Crippen molar-refractivity contribution in [2.45, 2.75) is 40.2 Å². The predicted molar refractivity (Wildman–Crippen MR) is 85.6 cm³/mol. The Hall–Kier alpha value is -1.77. The first-order valence-electron chi connectivity index (χ1n) is 6.98. The van der Waals surface area contributed by atoms with Crippen molar-refractivity contribution < 1.29 is 13.6 Å². The molecule has 0 radical (unpaired) electrons. The zero-order chi connectivity index (χ0) is 17.5. The van der Waals surface area contributed by atoms with E-state index in [9.17, 15) is 13.6 Å². The molecule has 9 heteroatoms. The largest absolute Gasteiger partial charge is 0.321 e. The summed E-state index contributed by atoms with van der Waals surface area (Å²) in [5.74, 6) is -0.344. The summed E-state index contributed by atoms with van der Waals surface area (Å²) in [6, 6.07) is -0.738. The van der Waals surface area contributed by atoms with Crippen LogP contribution in [-0.4, -0.2) is 25.5 Å². The van der Waals surface area contributed by atoms with E-state index in [2.05, 4.69) is 31.4 Å². The summed E-state index contributed by atoms with van der Waals surface area (Å²) in [6.07, 6.45) is -2.71. The van der Waals surface area contributed by atoms with E-state index in [1.807, 2.05) is 6.92 Å². The maximum atomic E-state index is 12.9. The molecule has 0 saturated heterocycles. The number of aryl methyl sites for hydroxylation is 2. The topological polar surface area (TPSA) is 64.7 Å². The number of anilines is 1. The highest BCUT2D eigenvalue weighted by Gasteiger charge is 2.26. The standard InChI is InChI=1S/C14H18BrF2N5O/c1-6-11(8(3)21(5)19-6)18-14(23)9(4)22-7(2)10(15)12(20-22)13(16)17/h9,13H,1-5H3,(H,18,23)/t9-/m1/s1. The highest BCUT2D eigenvalue weighted by atomic mass is 79.9. The van der Waals surface area contributed by atoms with Crippen LogP contribution in [0.5, 0.6) is 0 Å². The molecule has 2 aromatic rings. The van der Waals surface area contributed by atoms with Crippen LogP contribution in [0.2, 0.25) is 0 Å². The molecule has 2 rings (SSSR count). The monoisotopic (exact) mass is 389 g/mol. The van der Waals surface area contributed by atoms with Crippen molar-refractivity contribution in [3.63, 3.8) is 0 Å². The minimum atomic E-state index is -2.71. The summed E-state index contributed by atoms with van der Waals surface area (Å²) in [5, 5.41) is 10.9. The molecule has 126 valence electrons. The van der Waals surface area contributed by atoms with Crippen molar-refractivity contribution in [3.05, 3.63) is 27.2 Å². The number of alkyl halides is 2. The SMILES string of the molecule is Cc1nn(C)c(C)c1NC(=O)[C@@H](C)n1nc(C(F)F)c(Br)c1C. The lowest BCUT2D eigenvalue weighted by molar-refractivity contribution is -0.119. The lowest BCUT2D eigenvalue weighted by Crippen LogP contribution is -2.25. The van der Waals surface area contributed by atoms with Gasteiger partial charge in [-0.15, -0.1) is 0 Å². The summed E-state index contributed by atoms with van der Waals surface area (Å²) in [7, 11) is 1.78. The highest BCUT2D eigenvalue weighted by Crippen LogP contribution is 2.31. The molecule has 0 aliphatic heterocycles. The van der Waals surface area contributed by atoms with E-state index in [0.29, 0.717) is 17.1 Å². The van der Waals surface area contributed by atoms with Gasteiger partial charge in [0.15, 0.2) is 0 Å². The molecule has 1 atom stereocenters. The molecule has 0 bridgehead atoms. The Bertz CT molecular complexity index is 753. The molecule has 2 aromatic heterocycles. The Morgan fingerprint density at radius 3 is 2.26 bits per heavy atom. The first-order chi connectivity index (χ1) is 10.6. The lowest BCUT2D eigenvalue weighted by Gasteiger charge is -2.14. The van der Waals surface area contributed by atoms with Crippen LogP contribution in [0.15, 0.2) is 4.47 Å². The Balaban J connectivity index is 2.28. The number of amides is 1.